The van der Waals surface area contributed by atoms with Gasteiger partial charge < -0.3 is 14.5 Å². The molecule has 1 heterocycles. The highest BCUT2D eigenvalue weighted by atomic mass is 32.2. The van der Waals surface area contributed by atoms with Crippen molar-refractivity contribution in [1.29, 1.82) is 0 Å². The van der Waals surface area contributed by atoms with Gasteiger partial charge in [0.15, 0.2) is 6.10 Å². The third-order valence-corrected chi connectivity index (χ3v) is 5.01. The Morgan fingerprint density at radius 1 is 1.15 bits per heavy atom. The number of fused-ring (bicyclic) bond motifs is 1. The quantitative estimate of drug-likeness (QED) is 0.558. The Labute approximate surface area is 157 Å². The van der Waals surface area contributed by atoms with Crippen LogP contribution in [0.4, 0.5) is 0 Å². The minimum absolute atomic E-state index is 0.0701. The van der Waals surface area contributed by atoms with E-state index in [-0.39, 0.29) is 5.91 Å². The lowest BCUT2D eigenvalue weighted by Crippen LogP contribution is -2.39. The Morgan fingerprint density at radius 2 is 2.00 bits per heavy atom. The number of benzene rings is 2. The summed E-state index contributed by atoms with van der Waals surface area (Å²) in [4.78, 5) is 12.4. The molecular formula is C21H23NO3S. The Kier molecular flexibility index (Phi) is 6.61. The summed E-state index contributed by atoms with van der Waals surface area (Å²) in [6, 6.07) is 17.8. The van der Waals surface area contributed by atoms with Gasteiger partial charge in [-0.3, -0.25) is 4.79 Å². The molecular weight excluding hydrogens is 346 g/mol. The van der Waals surface area contributed by atoms with Gasteiger partial charge in [-0.15, -0.1) is 0 Å². The maximum absolute atomic E-state index is 12.4. The number of amides is 1. The van der Waals surface area contributed by atoms with Crippen molar-refractivity contribution in [2.45, 2.75) is 25.2 Å². The van der Waals surface area contributed by atoms with E-state index in [1.165, 1.54) is 0 Å². The summed E-state index contributed by atoms with van der Waals surface area (Å²) < 4.78 is 11.2. The van der Waals surface area contributed by atoms with Crippen molar-refractivity contribution in [3.05, 3.63) is 66.6 Å². The van der Waals surface area contributed by atoms with Gasteiger partial charge in [-0.2, -0.15) is 11.8 Å². The van der Waals surface area contributed by atoms with Crippen molar-refractivity contribution in [1.82, 2.24) is 5.32 Å². The van der Waals surface area contributed by atoms with Crippen LogP contribution in [-0.2, 0) is 10.5 Å². The van der Waals surface area contributed by atoms with Gasteiger partial charge in [0.2, 0.25) is 0 Å². The van der Waals surface area contributed by atoms with Gasteiger partial charge in [-0.1, -0.05) is 37.3 Å². The van der Waals surface area contributed by atoms with E-state index in [0.29, 0.717) is 13.0 Å². The standard InChI is InChI=1S/C21H23NO3S/c1-2-20(21(23)22-11-13-26-15-19-8-5-12-24-19)25-18-10-9-16-6-3-4-7-17(16)14-18/h3-10,12,14,20H,2,11,13,15H2,1H3,(H,22,23)/t20-/m0/s1. The monoisotopic (exact) mass is 369 g/mol. The fourth-order valence-electron chi connectivity index (χ4n) is 2.65. The van der Waals surface area contributed by atoms with Crippen molar-refractivity contribution in [2.75, 3.05) is 12.3 Å². The molecule has 0 aliphatic rings. The van der Waals surface area contributed by atoms with Crippen LogP contribution in [0.25, 0.3) is 10.8 Å². The number of furan rings is 1. The second kappa shape index (κ2) is 9.34. The summed E-state index contributed by atoms with van der Waals surface area (Å²) in [6.45, 7) is 2.57. The van der Waals surface area contributed by atoms with Crippen molar-refractivity contribution < 1.29 is 13.9 Å². The Hall–Kier alpha value is -2.40. The zero-order valence-corrected chi connectivity index (χ0v) is 15.6. The predicted molar refractivity (Wildman–Crippen MR) is 107 cm³/mol. The number of ether oxygens (including phenoxy) is 1. The molecule has 1 amide bonds. The molecule has 3 aromatic rings. The molecule has 0 aliphatic carbocycles. The highest BCUT2D eigenvalue weighted by molar-refractivity contribution is 7.98. The minimum Gasteiger partial charge on any atom is -0.481 e. The highest BCUT2D eigenvalue weighted by Crippen LogP contribution is 2.22. The molecule has 1 atom stereocenters. The number of nitrogens with one attached hydrogen (secondary N) is 1. The summed E-state index contributed by atoms with van der Waals surface area (Å²) in [5, 5.41) is 5.22. The molecule has 5 heteroatoms. The molecule has 0 bridgehead atoms. The van der Waals surface area contributed by atoms with Crippen LogP contribution in [0.5, 0.6) is 5.75 Å². The smallest absolute Gasteiger partial charge is 0.261 e. The van der Waals surface area contributed by atoms with Gasteiger partial charge in [-0.05, 0) is 41.5 Å². The van der Waals surface area contributed by atoms with E-state index in [1.54, 1.807) is 18.0 Å². The second-order valence-corrected chi connectivity index (χ2v) is 7.05. The Morgan fingerprint density at radius 3 is 2.77 bits per heavy atom. The Bertz CT molecular complexity index is 832. The van der Waals surface area contributed by atoms with Gasteiger partial charge in [-0.25, -0.2) is 0 Å². The number of carbonyl (C=O) groups excluding carboxylic acids is 1. The fourth-order valence-corrected chi connectivity index (χ4v) is 3.41. The molecule has 1 N–H and O–H groups in total. The third-order valence-electron chi connectivity index (χ3n) is 4.03. The number of hydrogen-bond donors (Lipinski definition) is 1. The van der Waals surface area contributed by atoms with Crippen molar-refractivity contribution >= 4 is 28.4 Å². The van der Waals surface area contributed by atoms with E-state index in [0.717, 1.165) is 33.8 Å². The molecule has 4 nitrogen and oxygen atoms in total. The van der Waals surface area contributed by atoms with Crippen LogP contribution >= 0.6 is 11.8 Å². The van der Waals surface area contributed by atoms with Crippen LogP contribution in [0.3, 0.4) is 0 Å². The zero-order valence-electron chi connectivity index (χ0n) is 14.8. The van der Waals surface area contributed by atoms with Crippen LogP contribution in [-0.4, -0.2) is 24.3 Å². The lowest BCUT2D eigenvalue weighted by Gasteiger charge is -2.17. The van der Waals surface area contributed by atoms with Crippen LogP contribution in [0.15, 0.2) is 65.3 Å². The van der Waals surface area contributed by atoms with Crippen molar-refractivity contribution in [3.8, 4) is 5.75 Å². The van der Waals surface area contributed by atoms with E-state index >= 15 is 0 Å². The molecule has 2 aromatic carbocycles. The van der Waals surface area contributed by atoms with E-state index in [1.807, 2.05) is 55.5 Å². The van der Waals surface area contributed by atoms with E-state index in [2.05, 4.69) is 11.4 Å². The average molecular weight is 369 g/mol. The van der Waals surface area contributed by atoms with Crippen LogP contribution < -0.4 is 10.1 Å². The first-order valence-electron chi connectivity index (χ1n) is 8.79. The molecule has 0 unspecified atom stereocenters. The fraction of sp³-hybridized carbons (Fsp3) is 0.286. The first-order chi connectivity index (χ1) is 12.8. The number of rotatable bonds is 9. The maximum Gasteiger partial charge on any atom is 0.261 e. The molecule has 0 fully saturated rings. The average Bonchev–Trinajstić information content (AvgIpc) is 3.19. The lowest BCUT2D eigenvalue weighted by atomic mass is 10.1. The lowest BCUT2D eigenvalue weighted by molar-refractivity contribution is -0.127. The molecule has 0 aliphatic heterocycles. The first kappa shape index (κ1) is 18.4. The SMILES string of the molecule is CC[C@H](Oc1ccc2ccccc2c1)C(=O)NCCSCc1ccco1. The summed E-state index contributed by atoms with van der Waals surface area (Å²) in [6.07, 6.45) is 1.82. The largest absolute Gasteiger partial charge is 0.481 e. The van der Waals surface area contributed by atoms with Gasteiger partial charge in [0.25, 0.3) is 5.91 Å². The van der Waals surface area contributed by atoms with E-state index in [9.17, 15) is 4.79 Å². The van der Waals surface area contributed by atoms with Crippen molar-refractivity contribution in [3.63, 3.8) is 0 Å². The van der Waals surface area contributed by atoms with E-state index in [4.69, 9.17) is 9.15 Å². The molecule has 26 heavy (non-hydrogen) atoms. The molecule has 0 saturated heterocycles. The maximum atomic E-state index is 12.4. The second-order valence-electron chi connectivity index (χ2n) is 5.95. The number of hydrogen-bond acceptors (Lipinski definition) is 4. The minimum atomic E-state index is -0.480. The van der Waals surface area contributed by atoms with Crippen molar-refractivity contribution in [2.24, 2.45) is 0 Å². The molecule has 3 rings (SSSR count). The summed E-state index contributed by atoms with van der Waals surface area (Å²) in [5.41, 5.74) is 0. The topological polar surface area (TPSA) is 51.5 Å². The van der Waals surface area contributed by atoms with E-state index < -0.39 is 6.10 Å². The molecule has 0 spiro atoms. The summed E-state index contributed by atoms with van der Waals surface area (Å²) in [7, 11) is 0. The molecule has 1 aromatic heterocycles. The van der Waals surface area contributed by atoms with Crippen LogP contribution in [0, 0.1) is 0 Å². The van der Waals surface area contributed by atoms with Gasteiger partial charge in [0.05, 0.1) is 12.0 Å². The molecule has 0 radical (unpaired) electrons. The normalized spacial score (nSPS) is 12.0. The predicted octanol–water partition coefficient (Wildman–Crippen LogP) is 4.64. The Balaban J connectivity index is 1.46. The van der Waals surface area contributed by atoms with Crippen LogP contribution in [0.2, 0.25) is 0 Å². The highest BCUT2D eigenvalue weighted by Gasteiger charge is 2.18. The number of thioether (sulfide) groups is 1. The van der Waals surface area contributed by atoms with Crippen LogP contribution in [0.1, 0.15) is 19.1 Å². The third kappa shape index (κ3) is 5.05. The molecule has 136 valence electrons. The summed E-state index contributed by atoms with van der Waals surface area (Å²) in [5.74, 6) is 3.25. The first-order valence-corrected chi connectivity index (χ1v) is 9.95. The van der Waals surface area contributed by atoms with Gasteiger partial charge in [0.1, 0.15) is 11.5 Å². The zero-order chi connectivity index (χ0) is 18.2. The molecule has 0 saturated carbocycles. The number of carbonyl (C=O) groups is 1. The van der Waals surface area contributed by atoms with Gasteiger partial charge >= 0.3 is 0 Å². The summed E-state index contributed by atoms with van der Waals surface area (Å²) >= 11 is 1.73. The van der Waals surface area contributed by atoms with Gasteiger partial charge in [0, 0.05) is 12.3 Å².